The van der Waals surface area contributed by atoms with Gasteiger partial charge in [0.05, 0.1) is 5.97 Å². The van der Waals surface area contributed by atoms with E-state index < -0.39 is 24.1 Å². The number of halogens is 1. The van der Waals surface area contributed by atoms with Crippen LogP contribution in [0.1, 0.15) is 0 Å². The number of aliphatic hydroxyl groups is 2. The van der Waals surface area contributed by atoms with E-state index in [0.717, 1.165) is 0 Å². The van der Waals surface area contributed by atoms with Gasteiger partial charge >= 0.3 is 18.4 Å². The highest BCUT2D eigenvalue weighted by molar-refractivity contribution is 5.81. The minimum atomic E-state index is -2.38. The van der Waals surface area contributed by atoms with Gasteiger partial charge in [-0.25, -0.2) is 4.79 Å². The van der Waals surface area contributed by atoms with Crippen molar-refractivity contribution >= 4 is 11.9 Å². The summed E-state index contributed by atoms with van der Waals surface area (Å²) in [7, 11) is 0. The summed E-state index contributed by atoms with van der Waals surface area (Å²) in [5, 5.41) is 34.1. The molecule has 3 N–H and O–H groups in total. The lowest BCUT2D eigenvalue weighted by molar-refractivity contribution is -0.318. The number of rotatable bonds is 3. The van der Waals surface area contributed by atoms with E-state index in [1.165, 1.54) is 0 Å². The summed E-state index contributed by atoms with van der Waals surface area (Å²) in [6, 6.07) is 0. The van der Waals surface area contributed by atoms with Gasteiger partial charge in [0.1, 0.15) is 6.10 Å². The molecule has 7 heteroatoms. The third kappa shape index (κ3) is 3.76. The average molecular weight is 185 g/mol. The molecule has 0 heterocycles. The first-order valence-electron chi connectivity index (χ1n) is 2.26. The highest BCUT2D eigenvalue weighted by Gasteiger charge is 2.23. The first-order chi connectivity index (χ1) is 4.46. The van der Waals surface area contributed by atoms with E-state index in [0.29, 0.717) is 0 Å². The van der Waals surface area contributed by atoms with Gasteiger partial charge in [0.15, 0.2) is 6.10 Å². The highest BCUT2D eigenvalue weighted by Crippen LogP contribution is 1.90. The van der Waals surface area contributed by atoms with E-state index in [-0.39, 0.29) is 12.4 Å². The number of carbonyl (C=O) groups excluding carboxylic acids is 1. The Morgan fingerprint density at radius 2 is 1.55 bits per heavy atom. The van der Waals surface area contributed by atoms with Gasteiger partial charge in [-0.15, -0.1) is 0 Å². The van der Waals surface area contributed by atoms with Crippen LogP contribution in [0.5, 0.6) is 0 Å². The average Bonchev–Trinajstić information content (AvgIpc) is 1.84. The number of hydrogen-bond acceptors (Lipinski definition) is 5. The predicted molar refractivity (Wildman–Crippen MR) is 24.7 cm³/mol. The molecule has 2 atom stereocenters. The first kappa shape index (κ1) is 12.8. The smallest absolute Gasteiger partial charge is 0.547 e. The van der Waals surface area contributed by atoms with Crippen molar-refractivity contribution < 1.29 is 42.4 Å². The lowest BCUT2D eigenvalue weighted by Crippen LogP contribution is -2.46. The monoisotopic (exact) mass is 184 g/mol. The Balaban J connectivity index is 0. The second-order valence-electron chi connectivity index (χ2n) is 1.55. The molecule has 0 saturated carbocycles. The molecule has 0 saturated heterocycles. The molecule has 0 fully saturated rings. The maximum Gasteiger partial charge on any atom is 1.00 e. The van der Waals surface area contributed by atoms with Crippen LogP contribution in [0.15, 0.2) is 0 Å². The molecule has 0 aromatic carbocycles. The Bertz CT molecular complexity index is 139. The van der Waals surface area contributed by atoms with Gasteiger partial charge < -0.3 is 25.2 Å². The maximum atomic E-state index is 9.74. The van der Waals surface area contributed by atoms with Crippen LogP contribution in [0.2, 0.25) is 0 Å². The molecule has 0 aliphatic rings. The summed E-state index contributed by atoms with van der Waals surface area (Å²) in [5.74, 6) is -3.83. The molecule has 0 bridgehead atoms. The van der Waals surface area contributed by atoms with Crippen LogP contribution in [0.4, 0.5) is 0 Å². The van der Waals surface area contributed by atoms with Crippen LogP contribution in [0.3, 0.4) is 0 Å². The molecular weight excluding hydrogens is 179 g/mol. The van der Waals surface area contributed by atoms with Crippen LogP contribution in [0.25, 0.3) is 0 Å². The summed E-state index contributed by atoms with van der Waals surface area (Å²) in [6.07, 6.45) is -4.71. The van der Waals surface area contributed by atoms with Crippen LogP contribution in [-0.4, -0.2) is 39.5 Å². The third-order valence-electron chi connectivity index (χ3n) is 0.794. The summed E-state index contributed by atoms with van der Waals surface area (Å²) in [5.41, 5.74) is 0. The van der Waals surface area contributed by atoms with Crippen molar-refractivity contribution in [3.8, 4) is 0 Å². The van der Waals surface area contributed by atoms with Crippen molar-refractivity contribution in [2.24, 2.45) is 0 Å². The van der Waals surface area contributed by atoms with Gasteiger partial charge in [-0.1, -0.05) is 0 Å². The Kier molecular flexibility index (Phi) is 5.69. The first-order valence-corrected chi connectivity index (χ1v) is 2.26. The van der Waals surface area contributed by atoms with Gasteiger partial charge in [-0.05, 0) is 0 Å². The molecule has 0 aromatic rings. The molecular formula is C4H5ClO6. The Morgan fingerprint density at radius 1 is 1.18 bits per heavy atom. The number of aliphatic hydroxyl groups excluding tert-OH is 2. The van der Waals surface area contributed by atoms with E-state index >= 15 is 0 Å². The van der Waals surface area contributed by atoms with Crippen molar-refractivity contribution in [3.05, 3.63) is 0 Å². The highest BCUT2D eigenvalue weighted by atomic mass is 35.5. The SMILES string of the molecule is O=C([O-])C(O)C(O)C(=O)O.[Cl+]. The normalized spacial score (nSPS) is 14.4. The second kappa shape index (κ2) is 4.89. The number of aliphatic carboxylic acids is 2. The van der Waals surface area contributed by atoms with E-state index in [9.17, 15) is 14.7 Å². The van der Waals surface area contributed by atoms with Gasteiger partial charge in [0, 0.05) is 0 Å². The van der Waals surface area contributed by atoms with Crippen molar-refractivity contribution in [2.75, 3.05) is 0 Å². The van der Waals surface area contributed by atoms with Gasteiger partial charge in [0.25, 0.3) is 0 Å². The number of carboxylic acid groups (broad SMARTS) is 2. The summed E-state index contributed by atoms with van der Waals surface area (Å²) >= 11 is 0. The molecule has 0 aliphatic heterocycles. The van der Waals surface area contributed by atoms with E-state index in [2.05, 4.69) is 0 Å². The van der Waals surface area contributed by atoms with Gasteiger partial charge in [0.2, 0.25) is 0 Å². The van der Waals surface area contributed by atoms with Crippen molar-refractivity contribution in [3.63, 3.8) is 0 Å². The summed E-state index contributed by atoms with van der Waals surface area (Å²) in [4.78, 5) is 19.4. The van der Waals surface area contributed by atoms with Crippen LogP contribution >= 0.6 is 0 Å². The van der Waals surface area contributed by atoms with E-state index in [1.54, 1.807) is 0 Å². The fraction of sp³-hybridized carbons (Fsp3) is 0.500. The van der Waals surface area contributed by atoms with Gasteiger partial charge in [-0.3, -0.25) is 0 Å². The number of hydrogen-bond donors (Lipinski definition) is 3. The molecule has 64 valence electrons. The largest absolute Gasteiger partial charge is 1.00 e. The summed E-state index contributed by atoms with van der Waals surface area (Å²) in [6.45, 7) is 0. The molecule has 2 radical (unpaired) electrons. The molecule has 0 aromatic heterocycles. The lowest BCUT2D eigenvalue weighted by Gasteiger charge is -2.13. The lowest BCUT2D eigenvalue weighted by atomic mass is 10.2. The minimum Gasteiger partial charge on any atom is -0.547 e. The fourth-order valence-electron chi connectivity index (χ4n) is 0.264. The molecule has 0 aliphatic carbocycles. The molecule has 6 nitrogen and oxygen atoms in total. The third-order valence-corrected chi connectivity index (χ3v) is 0.794. The fourth-order valence-corrected chi connectivity index (χ4v) is 0.264. The van der Waals surface area contributed by atoms with Crippen molar-refractivity contribution in [1.29, 1.82) is 0 Å². The van der Waals surface area contributed by atoms with Crippen LogP contribution in [-0.2, 0) is 9.59 Å². The zero-order valence-corrected chi connectivity index (χ0v) is 5.85. The number of carboxylic acids is 2. The molecule has 11 heavy (non-hydrogen) atoms. The quantitative estimate of drug-likeness (QED) is 0.420. The molecule has 0 rings (SSSR count). The van der Waals surface area contributed by atoms with Gasteiger partial charge in [-0.2, -0.15) is 0 Å². The predicted octanol–water partition coefficient (Wildman–Crippen LogP) is -3.46. The summed E-state index contributed by atoms with van der Waals surface area (Å²) < 4.78 is 0. The second-order valence-corrected chi connectivity index (χ2v) is 1.55. The Hall–Kier alpha value is -0.850. The van der Waals surface area contributed by atoms with Crippen LogP contribution < -0.4 is 5.11 Å². The molecule has 2 unspecified atom stereocenters. The molecule has 0 amide bonds. The molecule has 0 spiro atoms. The Labute approximate surface area is 67.5 Å². The van der Waals surface area contributed by atoms with Crippen LogP contribution in [0, 0.1) is 12.4 Å². The van der Waals surface area contributed by atoms with Crippen molar-refractivity contribution in [2.45, 2.75) is 12.2 Å². The minimum absolute atomic E-state index is 0. The van der Waals surface area contributed by atoms with Crippen molar-refractivity contribution in [1.82, 2.24) is 0 Å². The topological polar surface area (TPSA) is 118 Å². The number of carbonyl (C=O) groups is 2. The van der Waals surface area contributed by atoms with E-state index in [4.69, 9.17) is 15.3 Å². The maximum absolute atomic E-state index is 9.74. The Morgan fingerprint density at radius 3 is 1.64 bits per heavy atom. The van der Waals surface area contributed by atoms with E-state index in [1.807, 2.05) is 0 Å². The standard InChI is InChI=1S/C4H6O6.Cl/c5-1(3(7)8)2(6)4(9)10;/h1-2,5-6H,(H,7,8)(H,9,10);/q;+1/p-1. The zero-order valence-electron chi connectivity index (χ0n) is 5.10. The zero-order chi connectivity index (χ0) is 8.31.